The first kappa shape index (κ1) is 24.9. The largest absolute Gasteiger partial charge is 0.322 e. The minimum absolute atomic E-state index is 0.0982. The first-order chi connectivity index (χ1) is 18.9. The van der Waals surface area contributed by atoms with Crippen LogP contribution in [-0.2, 0) is 13.0 Å². The first-order valence-corrected chi connectivity index (χ1v) is 12.9. The van der Waals surface area contributed by atoms with Crippen molar-refractivity contribution in [2.75, 3.05) is 5.32 Å². The minimum atomic E-state index is -0.632. The van der Waals surface area contributed by atoms with Crippen LogP contribution in [0.3, 0.4) is 0 Å². The zero-order valence-electron chi connectivity index (χ0n) is 21.0. The van der Waals surface area contributed by atoms with E-state index in [0.717, 1.165) is 28.5 Å². The quantitative estimate of drug-likeness (QED) is 0.259. The standard InChI is InChI=1S/C30H24ClF2N5O/c1-2-26-23-18-37(30(39)34-21-13-14-25(33)24(31)17-21)28(19-8-6-9-20(32)16-19)27-12-7-15-36(27)29(23)38(35-26)22-10-4-3-5-11-22/h3-17,28H,2,18H2,1H3,(H,34,39). The molecule has 9 heteroatoms. The highest BCUT2D eigenvalue weighted by atomic mass is 35.5. The van der Waals surface area contributed by atoms with Crippen LogP contribution in [0.1, 0.15) is 35.5 Å². The third-order valence-corrected chi connectivity index (χ3v) is 7.19. The molecule has 0 fully saturated rings. The van der Waals surface area contributed by atoms with E-state index in [4.69, 9.17) is 16.7 Å². The minimum Gasteiger partial charge on any atom is -0.308 e. The van der Waals surface area contributed by atoms with Gasteiger partial charge in [0.15, 0.2) is 0 Å². The molecule has 0 bridgehead atoms. The highest BCUT2D eigenvalue weighted by Crippen LogP contribution is 2.39. The molecular weight excluding hydrogens is 520 g/mol. The van der Waals surface area contributed by atoms with Gasteiger partial charge in [-0.1, -0.05) is 48.9 Å². The number of nitrogens with zero attached hydrogens (tertiary/aromatic N) is 4. The molecule has 39 heavy (non-hydrogen) atoms. The molecule has 1 unspecified atom stereocenters. The number of anilines is 1. The summed E-state index contributed by atoms with van der Waals surface area (Å²) in [5.41, 5.74) is 4.34. The van der Waals surface area contributed by atoms with Crippen molar-refractivity contribution >= 4 is 23.3 Å². The Morgan fingerprint density at radius 2 is 1.85 bits per heavy atom. The van der Waals surface area contributed by atoms with Gasteiger partial charge < -0.3 is 14.8 Å². The van der Waals surface area contributed by atoms with Crippen LogP contribution in [0.15, 0.2) is 91.1 Å². The van der Waals surface area contributed by atoms with Crippen molar-refractivity contribution in [2.24, 2.45) is 0 Å². The molecule has 3 heterocycles. The monoisotopic (exact) mass is 543 g/mol. The average Bonchev–Trinajstić information content (AvgIpc) is 3.52. The zero-order valence-corrected chi connectivity index (χ0v) is 21.7. The lowest BCUT2D eigenvalue weighted by Gasteiger charge is -2.31. The highest BCUT2D eigenvalue weighted by Gasteiger charge is 2.36. The SMILES string of the molecule is CCc1nn(-c2ccccc2)c2c1CN(C(=O)Nc1ccc(F)c(Cl)c1)C(c1cccc(F)c1)c1cccn1-2. The Bertz CT molecular complexity index is 1680. The van der Waals surface area contributed by atoms with E-state index in [1.807, 2.05) is 64.8 Å². The van der Waals surface area contributed by atoms with E-state index in [0.29, 0.717) is 17.7 Å². The fourth-order valence-corrected chi connectivity index (χ4v) is 5.33. The van der Waals surface area contributed by atoms with Gasteiger partial charge in [-0.25, -0.2) is 18.3 Å². The highest BCUT2D eigenvalue weighted by molar-refractivity contribution is 6.31. The van der Waals surface area contributed by atoms with Crippen molar-refractivity contribution in [3.8, 4) is 11.5 Å². The van der Waals surface area contributed by atoms with Crippen molar-refractivity contribution in [3.63, 3.8) is 0 Å². The van der Waals surface area contributed by atoms with Gasteiger partial charge in [-0.3, -0.25) is 0 Å². The number of carbonyl (C=O) groups is 1. The molecule has 1 atom stereocenters. The van der Waals surface area contributed by atoms with Gasteiger partial charge in [-0.15, -0.1) is 0 Å². The molecule has 2 aromatic heterocycles. The number of fused-ring (bicyclic) bond motifs is 3. The molecule has 1 N–H and O–H groups in total. The van der Waals surface area contributed by atoms with Gasteiger partial charge in [0.1, 0.15) is 17.5 Å². The lowest BCUT2D eigenvalue weighted by molar-refractivity contribution is 0.194. The molecule has 6 nitrogen and oxygen atoms in total. The van der Waals surface area contributed by atoms with Crippen LogP contribution in [0.5, 0.6) is 0 Å². The summed E-state index contributed by atoms with van der Waals surface area (Å²) < 4.78 is 32.2. The van der Waals surface area contributed by atoms with Gasteiger partial charge in [0.25, 0.3) is 0 Å². The van der Waals surface area contributed by atoms with Crippen LogP contribution in [0, 0.1) is 11.6 Å². The summed E-state index contributed by atoms with van der Waals surface area (Å²) >= 11 is 5.97. The molecule has 1 aliphatic rings. The third kappa shape index (κ3) is 4.46. The molecular formula is C30H24ClF2N5O. The normalized spacial score (nSPS) is 14.5. The second-order valence-electron chi connectivity index (χ2n) is 9.30. The molecule has 0 spiro atoms. The summed E-state index contributed by atoms with van der Waals surface area (Å²) in [6.07, 6.45) is 2.58. The van der Waals surface area contributed by atoms with Crippen LogP contribution in [0.4, 0.5) is 19.3 Å². The Morgan fingerprint density at radius 3 is 2.59 bits per heavy atom. The summed E-state index contributed by atoms with van der Waals surface area (Å²) in [5.74, 6) is -0.159. The maximum atomic E-state index is 14.5. The van der Waals surface area contributed by atoms with Crippen molar-refractivity contribution < 1.29 is 13.6 Å². The Kier molecular flexibility index (Phi) is 6.40. The van der Waals surface area contributed by atoms with E-state index in [2.05, 4.69) is 5.32 Å². The number of aromatic nitrogens is 3. The number of amides is 2. The van der Waals surface area contributed by atoms with Gasteiger partial charge in [0, 0.05) is 17.4 Å². The number of aryl methyl sites for hydroxylation is 1. The summed E-state index contributed by atoms with van der Waals surface area (Å²) in [5, 5.41) is 7.69. The zero-order chi connectivity index (χ0) is 27.1. The molecule has 6 rings (SSSR count). The van der Waals surface area contributed by atoms with Gasteiger partial charge in [-0.05, 0) is 66.6 Å². The Labute approximate surface area is 229 Å². The molecule has 0 radical (unpaired) electrons. The topological polar surface area (TPSA) is 55.1 Å². The number of para-hydroxylation sites is 1. The van der Waals surface area contributed by atoms with Crippen LogP contribution < -0.4 is 5.32 Å². The molecule has 0 saturated carbocycles. The number of hydrogen-bond donors (Lipinski definition) is 1. The second-order valence-corrected chi connectivity index (χ2v) is 9.70. The number of nitrogens with one attached hydrogen (secondary N) is 1. The van der Waals surface area contributed by atoms with E-state index in [-0.39, 0.29) is 11.6 Å². The average molecular weight is 544 g/mol. The Hall–Kier alpha value is -4.43. The number of halogens is 3. The summed E-state index contributed by atoms with van der Waals surface area (Å²) in [7, 11) is 0. The number of hydrogen-bond acceptors (Lipinski definition) is 2. The fraction of sp³-hybridized carbons (Fsp3) is 0.133. The lowest BCUT2D eigenvalue weighted by atomic mass is 10.0. The van der Waals surface area contributed by atoms with E-state index >= 15 is 0 Å². The number of urea groups is 1. The van der Waals surface area contributed by atoms with Crippen molar-refractivity contribution in [1.29, 1.82) is 0 Å². The van der Waals surface area contributed by atoms with Gasteiger partial charge in [0.05, 0.1) is 34.7 Å². The predicted molar refractivity (Wildman–Crippen MR) is 146 cm³/mol. The fourth-order valence-electron chi connectivity index (χ4n) is 5.14. The molecule has 2 amide bonds. The van der Waals surface area contributed by atoms with Crippen molar-refractivity contribution in [1.82, 2.24) is 19.2 Å². The van der Waals surface area contributed by atoms with Crippen LogP contribution in [0.2, 0.25) is 5.02 Å². The summed E-state index contributed by atoms with van der Waals surface area (Å²) in [6, 6.07) is 22.8. The van der Waals surface area contributed by atoms with Crippen LogP contribution in [-0.4, -0.2) is 25.3 Å². The third-order valence-electron chi connectivity index (χ3n) is 6.90. The van der Waals surface area contributed by atoms with E-state index in [1.54, 1.807) is 17.0 Å². The molecule has 196 valence electrons. The van der Waals surface area contributed by atoms with Crippen LogP contribution in [0.25, 0.3) is 11.5 Å². The molecule has 1 aliphatic heterocycles. The van der Waals surface area contributed by atoms with Crippen molar-refractivity contribution in [3.05, 3.63) is 130 Å². The van der Waals surface area contributed by atoms with Gasteiger partial charge in [0.2, 0.25) is 0 Å². The van der Waals surface area contributed by atoms with Crippen molar-refractivity contribution in [2.45, 2.75) is 25.9 Å². The number of carbonyl (C=O) groups excluding carboxylic acids is 1. The number of rotatable bonds is 4. The molecule has 0 saturated heterocycles. The van der Waals surface area contributed by atoms with E-state index in [9.17, 15) is 13.6 Å². The van der Waals surface area contributed by atoms with E-state index < -0.39 is 23.7 Å². The maximum Gasteiger partial charge on any atom is 0.322 e. The lowest BCUT2D eigenvalue weighted by Crippen LogP contribution is -2.38. The first-order valence-electron chi connectivity index (χ1n) is 12.6. The van der Waals surface area contributed by atoms with E-state index in [1.165, 1.54) is 30.3 Å². The predicted octanol–water partition coefficient (Wildman–Crippen LogP) is 7.29. The summed E-state index contributed by atoms with van der Waals surface area (Å²) in [6.45, 7) is 2.23. The summed E-state index contributed by atoms with van der Waals surface area (Å²) in [4.78, 5) is 15.6. The number of benzene rings is 3. The van der Waals surface area contributed by atoms with Gasteiger partial charge >= 0.3 is 6.03 Å². The molecule has 0 aliphatic carbocycles. The maximum absolute atomic E-state index is 14.5. The molecule has 3 aromatic carbocycles. The smallest absolute Gasteiger partial charge is 0.308 e. The molecule has 5 aromatic rings. The Balaban J connectivity index is 1.55. The van der Waals surface area contributed by atoms with Gasteiger partial charge in [-0.2, -0.15) is 5.10 Å². The second kappa shape index (κ2) is 10.0. The van der Waals surface area contributed by atoms with Crippen LogP contribution >= 0.6 is 11.6 Å². The Morgan fingerprint density at radius 1 is 1.03 bits per heavy atom.